The Hall–Kier alpha value is -0.570. The zero-order valence-electron chi connectivity index (χ0n) is 10.5. The molecule has 0 atom stereocenters. The summed E-state index contributed by atoms with van der Waals surface area (Å²) in [4.78, 5) is 11.5. The van der Waals surface area contributed by atoms with Crippen LogP contribution in [0.2, 0.25) is 0 Å². The molecule has 0 bridgehead atoms. The molecule has 0 unspecified atom stereocenters. The molecular formula is C12H25NO2. The van der Waals surface area contributed by atoms with Gasteiger partial charge in [0.1, 0.15) is 0 Å². The van der Waals surface area contributed by atoms with Crippen LogP contribution in [0.25, 0.3) is 0 Å². The fraction of sp³-hybridized carbons (Fsp3) is 0.917. The highest BCUT2D eigenvalue weighted by Gasteiger charge is 2.28. The monoisotopic (exact) mass is 215 g/mol. The van der Waals surface area contributed by atoms with E-state index in [0.29, 0.717) is 12.8 Å². The van der Waals surface area contributed by atoms with Gasteiger partial charge in [0.05, 0.1) is 12.0 Å². The molecule has 0 spiro atoms. The first kappa shape index (κ1) is 14.4. The van der Waals surface area contributed by atoms with E-state index in [1.165, 1.54) is 0 Å². The SMILES string of the molecule is CCCC(O)(CCC)CC(=O)NC(C)C. The molecule has 0 aliphatic heterocycles. The molecule has 0 radical (unpaired) electrons. The van der Waals surface area contributed by atoms with Gasteiger partial charge in [0.25, 0.3) is 0 Å². The molecule has 0 saturated heterocycles. The van der Waals surface area contributed by atoms with E-state index in [0.717, 1.165) is 12.8 Å². The molecule has 0 aromatic heterocycles. The predicted octanol–water partition coefficient (Wildman–Crippen LogP) is 2.23. The summed E-state index contributed by atoms with van der Waals surface area (Å²) in [6.07, 6.45) is 3.45. The molecule has 2 N–H and O–H groups in total. The first-order valence-electron chi connectivity index (χ1n) is 5.95. The highest BCUT2D eigenvalue weighted by molar-refractivity contribution is 5.77. The second-order valence-electron chi connectivity index (χ2n) is 4.62. The van der Waals surface area contributed by atoms with Crippen LogP contribution in [0.1, 0.15) is 59.8 Å². The van der Waals surface area contributed by atoms with Crippen molar-refractivity contribution >= 4 is 5.91 Å². The number of nitrogens with one attached hydrogen (secondary N) is 1. The van der Waals surface area contributed by atoms with Gasteiger partial charge in [-0.1, -0.05) is 26.7 Å². The van der Waals surface area contributed by atoms with Gasteiger partial charge < -0.3 is 10.4 Å². The summed E-state index contributed by atoms with van der Waals surface area (Å²) in [5.41, 5.74) is -0.803. The first-order valence-corrected chi connectivity index (χ1v) is 5.95. The number of hydrogen-bond donors (Lipinski definition) is 2. The Balaban J connectivity index is 4.20. The highest BCUT2D eigenvalue weighted by Crippen LogP contribution is 2.23. The number of hydrogen-bond acceptors (Lipinski definition) is 2. The van der Waals surface area contributed by atoms with Crippen LogP contribution >= 0.6 is 0 Å². The molecule has 0 saturated carbocycles. The Morgan fingerprint density at radius 1 is 1.27 bits per heavy atom. The van der Waals surface area contributed by atoms with Gasteiger partial charge in [0, 0.05) is 6.04 Å². The molecule has 0 aliphatic carbocycles. The topological polar surface area (TPSA) is 49.3 Å². The summed E-state index contributed by atoms with van der Waals surface area (Å²) >= 11 is 0. The average Bonchev–Trinajstić information content (AvgIpc) is 2.01. The van der Waals surface area contributed by atoms with E-state index in [-0.39, 0.29) is 18.4 Å². The van der Waals surface area contributed by atoms with Crippen LogP contribution in [-0.4, -0.2) is 22.7 Å². The number of carbonyl (C=O) groups excluding carboxylic acids is 1. The summed E-state index contributed by atoms with van der Waals surface area (Å²) < 4.78 is 0. The minimum absolute atomic E-state index is 0.0469. The standard InChI is InChI=1S/C12H25NO2/c1-5-7-12(15,8-6-2)9-11(14)13-10(3)4/h10,15H,5-9H2,1-4H3,(H,13,14). The number of rotatable bonds is 7. The molecule has 0 fully saturated rings. The van der Waals surface area contributed by atoms with Crippen LogP contribution in [0, 0.1) is 0 Å². The van der Waals surface area contributed by atoms with Crippen molar-refractivity contribution in [2.45, 2.75) is 71.4 Å². The van der Waals surface area contributed by atoms with Gasteiger partial charge in [-0.15, -0.1) is 0 Å². The van der Waals surface area contributed by atoms with Gasteiger partial charge >= 0.3 is 0 Å². The van der Waals surface area contributed by atoms with E-state index >= 15 is 0 Å². The molecular weight excluding hydrogens is 190 g/mol. The van der Waals surface area contributed by atoms with E-state index in [9.17, 15) is 9.90 Å². The maximum atomic E-state index is 11.5. The maximum Gasteiger partial charge on any atom is 0.223 e. The van der Waals surface area contributed by atoms with Crippen molar-refractivity contribution in [1.82, 2.24) is 5.32 Å². The van der Waals surface area contributed by atoms with Crippen LogP contribution in [-0.2, 0) is 4.79 Å². The quantitative estimate of drug-likeness (QED) is 0.684. The van der Waals surface area contributed by atoms with E-state index in [1.54, 1.807) is 0 Å². The Labute approximate surface area is 93.3 Å². The lowest BCUT2D eigenvalue weighted by Crippen LogP contribution is -2.39. The minimum atomic E-state index is -0.803. The summed E-state index contributed by atoms with van der Waals surface area (Å²) in [6, 6.07) is 0.144. The van der Waals surface area contributed by atoms with Gasteiger partial charge in [-0.25, -0.2) is 0 Å². The largest absolute Gasteiger partial charge is 0.389 e. The van der Waals surface area contributed by atoms with Crippen molar-refractivity contribution < 1.29 is 9.90 Å². The van der Waals surface area contributed by atoms with E-state index in [2.05, 4.69) is 5.32 Å². The second kappa shape index (κ2) is 6.83. The summed E-state index contributed by atoms with van der Waals surface area (Å²) in [5.74, 6) is -0.0469. The van der Waals surface area contributed by atoms with Crippen LogP contribution in [0.5, 0.6) is 0 Å². The molecule has 0 aliphatic rings. The van der Waals surface area contributed by atoms with E-state index in [1.807, 2.05) is 27.7 Å². The van der Waals surface area contributed by atoms with Crippen molar-refractivity contribution in [3.63, 3.8) is 0 Å². The van der Waals surface area contributed by atoms with Crippen LogP contribution < -0.4 is 5.32 Å². The molecule has 3 nitrogen and oxygen atoms in total. The summed E-state index contributed by atoms with van der Waals surface area (Å²) in [6.45, 7) is 7.91. The molecule has 15 heavy (non-hydrogen) atoms. The third kappa shape index (κ3) is 6.50. The molecule has 0 rings (SSSR count). The first-order chi connectivity index (χ1) is 6.93. The molecule has 0 heterocycles. The summed E-state index contributed by atoms with van der Waals surface area (Å²) in [7, 11) is 0. The smallest absolute Gasteiger partial charge is 0.223 e. The Morgan fingerprint density at radius 2 is 1.73 bits per heavy atom. The normalized spacial score (nSPS) is 11.9. The Bertz CT molecular complexity index is 184. The minimum Gasteiger partial charge on any atom is -0.389 e. The van der Waals surface area contributed by atoms with Gasteiger partial charge in [0.15, 0.2) is 0 Å². The van der Waals surface area contributed by atoms with Crippen LogP contribution in [0.3, 0.4) is 0 Å². The zero-order chi connectivity index (χ0) is 11.9. The van der Waals surface area contributed by atoms with Gasteiger partial charge in [-0.3, -0.25) is 4.79 Å². The fourth-order valence-electron chi connectivity index (χ4n) is 1.90. The average molecular weight is 215 g/mol. The van der Waals surface area contributed by atoms with Crippen molar-refractivity contribution in [3.8, 4) is 0 Å². The molecule has 0 aromatic rings. The Morgan fingerprint density at radius 3 is 2.07 bits per heavy atom. The third-order valence-electron chi connectivity index (χ3n) is 2.37. The van der Waals surface area contributed by atoms with Crippen molar-refractivity contribution in [2.75, 3.05) is 0 Å². The lowest BCUT2D eigenvalue weighted by molar-refractivity contribution is -0.127. The molecule has 90 valence electrons. The second-order valence-corrected chi connectivity index (χ2v) is 4.62. The van der Waals surface area contributed by atoms with E-state index < -0.39 is 5.60 Å². The lowest BCUT2D eigenvalue weighted by Gasteiger charge is -2.27. The van der Waals surface area contributed by atoms with Gasteiger partial charge in [-0.2, -0.15) is 0 Å². The number of amides is 1. The number of aliphatic hydroxyl groups is 1. The van der Waals surface area contributed by atoms with Gasteiger partial charge in [0.2, 0.25) is 5.91 Å². The summed E-state index contributed by atoms with van der Waals surface area (Å²) in [5, 5.41) is 13.1. The number of carbonyl (C=O) groups is 1. The predicted molar refractivity (Wildman–Crippen MR) is 62.7 cm³/mol. The van der Waals surface area contributed by atoms with Crippen molar-refractivity contribution in [2.24, 2.45) is 0 Å². The highest BCUT2D eigenvalue weighted by atomic mass is 16.3. The molecule has 0 aromatic carbocycles. The van der Waals surface area contributed by atoms with Crippen LogP contribution in [0.15, 0.2) is 0 Å². The lowest BCUT2D eigenvalue weighted by atomic mass is 9.89. The van der Waals surface area contributed by atoms with E-state index in [4.69, 9.17) is 0 Å². The zero-order valence-corrected chi connectivity index (χ0v) is 10.5. The Kier molecular flexibility index (Phi) is 6.57. The third-order valence-corrected chi connectivity index (χ3v) is 2.37. The maximum absolute atomic E-state index is 11.5. The molecule has 3 heteroatoms. The fourth-order valence-corrected chi connectivity index (χ4v) is 1.90. The molecule has 1 amide bonds. The van der Waals surface area contributed by atoms with Crippen molar-refractivity contribution in [1.29, 1.82) is 0 Å². The van der Waals surface area contributed by atoms with Gasteiger partial charge in [-0.05, 0) is 26.7 Å². The van der Waals surface area contributed by atoms with Crippen LogP contribution in [0.4, 0.5) is 0 Å². The van der Waals surface area contributed by atoms with Crippen molar-refractivity contribution in [3.05, 3.63) is 0 Å².